The molecule has 2 aliphatic rings. The molecule has 0 spiro atoms. The van der Waals surface area contributed by atoms with Crippen molar-refractivity contribution in [2.45, 2.75) is 65.0 Å². The highest BCUT2D eigenvalue weighted by molar-refractivity contribution is 4.89. The minimum atomic E-state index is 0.608. The molecule has 16 heavy (non-hydrogen) atoms. The van der Waals surface area contributed by atoms with Gasteiger partial charge >= 0.3 is 0 Å². The van der Waals surface area contributed by atoms with Crippen molar-refractivity contribution in [2.75, 3.05) is 19.6 Å². The minimum absolute atomic E-state index is 0.608. The standard InChI is InChI=1S/C14H28N2/c1-4-15-12-7-10-16(11-12)13-5-8-14(2,3)9-6-13/h12-13,15H,4-11H2,1-3H3. The van der Waals surface area contributed by atoms with E-state index in [9.17, 15) is 0 Å². The Balaban J connectivity index is 1.78. The summed E-state index contributed by atoms with van der Waals surface area (Å²) in [5.74, 6) is 0. The number of hydrogen-bond acceptors (Lipinski definition) is 2. The first-order valence-electron chi connectivity index (χ1n) is 7.08. The van der Waals surface area contributed by atoms with Crippen molar-refractivity contribution < 1.29 is 0 Å². The molecule has 0 bridgehead atoms. The van der Waals surface area contributed by atoms with Gasteiger partial charge in [-0.2, -0.15) is 0 Å². The topological polar surface area (TPSA) is 15.3 Å². The zero-order chi connectivity index (χ0) is 11.6. The molecule has 0 amide bonds. The molecule has 1 heterocycles. The lowest BCUT2D eigenvalue weighted by Crippen LogP contribution is -2.40. The summed E-state index contributed by atoms with van der Waals surface area (Å²) in [5.41, 5.74) is 0.608. The molecule has 0 aromatic carbocycles. The van der Waals surface area contributed by atoms with E-state index in [4.69, 9.17) is 0 Å². The van der Waals surface area contributed by atoms with Crippen LogP contribution < -0.4 is 5.32 Å². The van der Waals surface area contributed by atoms with Gasteiger partial charge < -0.3 is 5.32 Å². The lowest BCUT2D eigenvalue weighted by Gasteiger charge is -2.38. The molecular weight excluding hydrogens is 196 g/mol. The van der Waals surface area contributed by atoms with Gasteiger partial charge in [0.1, 0.15) is 0 Å². The highest BCUT2D eigenvalue weighted by Crippen LogP contribution is 2.37. The average Bonchev–Trinajstić information content (AvgIpc) is 2.67. The first-order valence-corrected chi connectivity index (χ1v) is 7.08. The maximum Gasteiger partial charge on any atom is 0.0207 e. The largest absolute Gasteiger partial charge is 0.313 e. The van der Waals surface area contributed by atoms with Gasteiger partial charge in [-0.25, -0.2) is 0 Å². The van der Waals surface area contributed by atoms with Crippen LogP contribution in [-0.4, -0.2) is 36.6 Å². The van der Waals surface area contributed by atoms with Crippen LogP contribution in [0.15, 0.2) is 0 Å². The Morgan fingerprint density at radius 2 is 1.88 bits per heavy atom. The highest BCUT2D eigenvalue weighted by atomic mass is 15.2. The van der Waals surface area contributed by atoms with E-state index in [1.165, 1.54) is 45.2 Å². The minimum Gasteiger partial charge on any atom is -0.313 e. The fraction of sp³-hybridized carbons (Fsp3) is 1.00. The van der Waals surface area contributed by atoms with Crippen LogP contribution in [0.1, 0.15) is 52.9 Å². The molecule has 1 unspecified atom stereocenters. The third kappa shape index (κ3) is 2.98. The molecule has 0 radical (unpaired) electrons. The zero-order valence-corrected chi connectivity index (χ0v) is 11.3. The molecule has 2 heteroatoms. The molecule has 0 aromatic heterocycles. The van der Waals surface area contributed by atoms with E-state index < -0.39 is 0 Å². The Bertz CT molecular complexity index is 215. The van der Waals surface area contributed by atoms with Gasteiger partial charge in [-0.05, 0) is 44.1 Å². The molecule has 0 aromatic rings. The number of nitrogens with zero attached hydrogens (tertiary/aromatic N) is 1. The fourth-order valence-corrected chi connectivity index (χ4v) is 3.32. The van der Waals surface area contributed by atoms with Gasteiger partial charge in [0.15, 0.2) is 0 Å². The predicted molar refractivity (Wildman–Crippen MR) is 69.7 cm³/mol. The Labute approximate surface area is 101 Å². The smallest absolute Gasteiger partial charge is 0.0207 e. The summed E-state index contributed by atoms with van der Waals surface area (Å²) < 4.78 is 0. The Morgan fingerprint density at radius 3 is 2.50 bits per heavy atom. The summed E-state index contributed by atoms with van der Waals surface area (Å²) in [6.07, 6.45) is 7.03. The van der Waals surface area contributed by atoms with Crippen LogP contribution >= 0.6 is 0 Å². The molecule has 2 fully saturated rings. The number of likely N-dealkylation sites (N-methyl/N-ethyl adjacent to an activating group) is 1. The monoisotopic (exact) mass is 224 g/mol. The molecule has 2 rings (SSSR count). The van der Waals surface area contributed by atoms with E-state index >= 15 is 0 Å². The number of nitrogens with one attached hydrogen (secondary N) is 1. The molecule has 1 aliphatic carbocycles. The van der Waals surface area contributed by atoms with Crippen LogP contribution in [-0.2, 0) is 0 Å². The third-order valence-electron chi connectivity index (χ3n) is 4.54. The van der Waals surface area contributed by atoms with Crippen LogP contribution in [0.3, 0.4) is 0 Å². The van der Waals surface area contributed by atoms with Crippen LogP contribution in [0.25, 0.3) is 0 Å². The summed E-state index contributed by atoms with van der Waals surface area (Å²) >= 11 is 0. The SMILES string of the molecule is CCNC1CCN(C2CCC(C)(C)CC2)C1. The molecule has 1 saturated carbocycles. The Morgan fingerprint density at radius 1 is 1.19 bits per heavy atom. The van der Waals surface area contributed by atoms with Gasteiger partial charge in [0.25, 0.3) is 0 Å². The van der Waals surface area contributed by atoms with E-state index in [0.717, 1.165) is 18.6 Å². The predicted octanol–water partition coefficient (Wildman–Crippen LogP) is 2.64. The van der Waals surface area contributed by atoms with Crippen molar-refractivity contribution in [2.24, 2.45) is 5.41 Å². The molecular formula is C14H28N2. The van der Waals surface area contributed by atoms with E-state index in [2.05, 4.69) is 31.0 Å². The first-order chi connectivity index (χ1) is 7.61. The van der Waals surface area contributed by atoms with Crippen molar-refractivity contribution >= 4 is 0 Å². The molecule has 94 valence electrons. The van der Waals surface area contributed by atoms with Gasteiger partial charge in [0.2, 0.25) is 0 Å². The quantitative estimate of drug-likeness (QED) is 0.793. The van der Waals surface area contributed by atoms with Gasteiger partial charge in [-0.15, -0.1) is 0 Å². The normalized spacial score (nSPS) is 32.1. The van der Waals surface area contributed by atoms with Crippen molar-refractivity contribution in [3.05, 3.63) is 0 Å². The number of hydrogen-bond donors (Lipinski definition) is 1. The summed E-state index contributed by atoms with van der Waals surface area (Å²) in [6, 6.07) is 1.65. The zero-order valence-electron chi connectivity index (χ0n) is 11.3. The van der Waals surface area contributed by atoms with Crippen LogP contribution in [0.4, 0.5) is 0 Å². The van der Waals surface area contributed by atoms with E-state index in [-0.39, 0.29) is 0 Å². The second kappa shape index (κ2) is 5.05. The van der Waals surface area contributed by atoms with Gasteiger partial charge in [0.05, 0.1) is 0 Å². The van der Waals surface area contributed by atoms with E-state index in [1.807, 2.05) is 0 Å². The number of rotatable bonds is 3. The molecule has 2 nitrogen and oxygen atoms in total. The highest BCUT2D eigenvalue weighted by Gasteiger charge is 2.33. The van der Waals surface area contributed by atoms with Crippen molar-refractivity contribution in [3.8, 4) is 0 Å². The van der Waals surface area contributed by atoms with Crippen molar-refractivity contribution in [3.63, 3.8) is 0 Å². The Hall–Kier alpha value is -0.0800. The second-order valence-electron chi connectivity index (χ2n) is 6.43. The third-order valence-corrected chi connectivity index (χ3v) is 4.54. The summed E-state index contributed by atoms with van der Waals surface area (Å²) in [4.78, 5) is 2.74. The van der Waals surface area contributed by atoms with Crippen molar-refractivity contribution in [1.82, 2.24) is 10.2 Å². The average molecular weight is 224 g/mol. The second-order valence-corrected chi connectivity index (χ2v) is 6.43. The molecule has 1 aliphatic heterocycles. The number of likely N-dealkylation sites (tertiary alicyclic amines) is 1. The van der Waals surface area contributed by atoms with Gasteiger partial charge in [0, 0.05) is 25.2 Å². The fourth-order valence-electron chi connectivity index (χ4n) is 3.32. The van der Waals surface area contributed by atoms with Gasteiger partial charge in [-0.1, -0.05) is 20.8 Å². The first kappa shape index (κ1) is 12.4. The summed E-state index contributed by atoms with van der Waals surface area (Å²) in [5, 5.41) is 3.59. The van der Waals surface area contributed by atoms with Crippen LogP contribution in [0, 0.1) is 5.41 Å². The maximum absolute atomic E-state index is 3.59. The maximum atomic E-state index is 3.59. The lowest BCUT2D eigenvalue weighted by molar-refractivity contribution is 0.125. The molecule has 1 N–H and O–H groups in total. The van der Waals surface area contributed by atoms with E-state index in [1.54, 1.807) is 0 Å². The van der Waals surface area contributed by atoms with Crippen molar-refractivity contribution in [1.29, 1.82) is 0 Å². The van der Waals surface area contributed by atoms with Gasteiger partial charge in [-0.3, -0.25) is 4.90 Å². The van der Waals surface area contributed by atoms with Crippen LogP contribution in [0.5, 0.6) is 0 Å². The summed E-state index contributed by atoms with van der Waals surface area (Å²) in [6.45, 7) is 10.8. The molecule has 1 atom stereocenters. The Kier molecular flexibility index (Phi) is 3.91. The summed E-state index contributed by atoms with van der Waals surface area (Å²) in [7, 11) is 0. The van der Waals surface area contributed by atoms with E-state index in [0.29, 0.717) is 5.41 Å². The lowest BCUT2D eigenvalue weighted by atomic mass is 9.75. The molecule has 1 saturated heterocycles. The van der Waals surface area contributed by atoms with Crippen LogP contribution in [0.2, 0.25) is 0 Å².